The SMILES string of the molecule is CCOC(=O)C[n+]1cccc2c3ccccc3ccc21. The molecule has 3 rings (SSSR count). The third-order valence-corrected chi connectivity index (χ3v) is 3.39. The van der Waals surface area contributed by atoms with Crippen LogP contribution >= 0.6 is 0 Å². The second-order valence-corrected chi connectivity index (χ2v) is 4.66. The molecular formula is C17H16NO2+. The molecule has 0 fully saturated rings. The van der Waals surface area contributed by atoms with Gasteiger partial charge >= 0.3 is 5.97 Å². The van der Waals surface area contributed by atoms with Gasteiger partial charge in [0.15, 0.2) is 6.20 Å². The van der Waals surface area contributed by atoms with Crippen molar-refractivity contribution in [3.63, 3.8) is 0 Å². The first kappa shape index (κ1) is 12.6. The van der Waals surface area contributed by atoms with Crippen LogP contribution in [0.3, 0.4) is 0 Å². The summed E-state index contributed by atoms with van der Waals surface area (Å²) < 4.78 is 6.95. The number of esters is 1. The summed E-state index contributed by atoms with van der Waals surface area (Å²) in [5, 5.41) is 3.55. The first-order valence-electron chi connectivity index (χ1n) is 6.75. The van der Waals surface area contributed by atoms with Gasteiger partial charge in [-0.05, 0) is 29.8 Å². The highest BCUT2D eigenvalue weighted by Crippen LogP contribution is 2.22. The van der Waals surface area contributed by atoms with Gasteiger partial charge in [-0.1, -0.05) is 24.3 Å². The number of hydrogen-bond donors (Lipinski definition) is 0. The van der Waals surface area contributed by atoms with Gasteiger partial charge in [0.25, 0.3) is 0 Å². The number of nitrogens with zero attached hydrogens (tertiary/aromatic N) is 1. The Morgan fingerprint density at radius 2 is 1.85 bits per heavy atom. The third-order valence-electron chi connectivity index (χ3n) is 3.39. The smallest absolute Gasteiger partial charge is 0.372 e. The van der Waals surface area contributed by atoms with Gasteiger partial charge in [-0.15, -0.1) is 0 Å². The fourth-order valence-corrected chi connectivity index (χ4v) is 2.52. The van der Waals surface area contributed by atoms with Crippen molar-refractivity contribution in [3.05, 3.63) is 54.7 Å². The quantitative estimate of drug-likeness (QED) is 0.414. The summed E-state index contributed by atoms with van der Waals surface area (Å²) in [6.07, 6.45) is 1.91. The summed E-state index contributed by atoms with van der Waals surface area (Å²) in [4.78, 5) is 11.7. The van der Waals surface area contributed by atoms with Crippen LogP contribution in [0.4, 0.5) is 0 Å². The largest absolute Gasteiger partial charge is 0.461 e. The van der Waals surface area contributed by atoms with Crippen LogP contribution in [0.25, 0.3) is 21.7 Å². The van der Waals surface area contributed by atoms with E-state index in [4.69, 9.17) is 4.74 Å². The average Bonchev–Trinajstić information content (AvgIpc) is 2.47. The number of benzene rings is 2. The van der Waals surface area contributed by atoms with E-state index in [0.29, 0.717) is 6.61 Å². The lowest BCUT2D eigenvalue weighted by molar-refractivity contribution is -0.660. The lowest BCUT2D eigenvalue weighted by atomic mass is 10.1. The number of hydrogen-bond acceptors (Lipinski definition) is 2. The van der Waals surface area contributed by atoms with Crippen LogP contribution in [0.15, 0.2) is 54.7 Å². The summed E-state index contributed by atoms with van der Waals surface area (Å²) in [6, 6.07) is 16.4. The van der Waals surface area contributed by atoms with Crippen molar-refractivity contribution >= 4 is 27.6 Å². The number of fused-ring (bicyclic) bond motifs is 3. The van der Waals surface area contributed by atoms with Crippen molar-refractivity contribution in [1.29, 1.82) is 0 Å². The van der Waals surface area contributed by atoms with Crippen LogP contribution in [0.5, 0.6) is 0 Å². The maximum absolute atomic E-state index is 11.7. The summed E-state index contributed by atoms with van der Waals surface area (Å²) in [5.41, 5.74) is 1.04. The normalized spacial score (nSPS) is 10.8. The summed E-state index contributed by atoms with van der Waals surface area (Å²) in [5.74, 6) is -0.210. The Balaban J connectivity index is 2.15. The van der Waals surface area contributed by atoms with Crippen molar-refractivity contribution in [2.45, 2.75) is 13.5 Å². The fourth-order valence-electron chi connectivity index (χ4n) is 2.52. The van der Waals surface area contributed by atoms with E-state index in [2.05, 4.69) is 30.3 Å². The fraction of sp³-hybridized carbons (Fsp3) is 0.176. The van der Waals surface area contributed by atoms with Gasteiger partial charge in [0.05, 0.1) is 12.0 Å². The lowest BCUT2D eigenvalue weighted by Gasteiger charge is -2.04. The van der Waals surface area contributed by atoms with Crippen molar-refractivity contribution in [2.24, 2.45) is 0 Å². The first-order valence-corrected chi connectivity index (χ1v) is 6.75. The molecule has 3 heteroatoms. The lowest BCUT2D eigenvalue weighted by Crippen LogP contribution is -2.39. The van der Waals surface area contributed by atoms with E-state index in [-0.39, 0.29) is 12.5 Å². The molecule has 100 valence electrons. The molecule has 1 heterocycles. The van der Waals surface area contributed by atoms with Crippen molar-refractivity contribution in [3.8, 4) is 0 Å². The highest BCUT2D eigenvalue weighted by molar-refractivity contribution is 6.04. The Hall–Kier alpha value is -2.42. The molecule has 2 aromatic carbocycles. The molecule has 0 aliphatic heterocycles. The topological polar surface area (TPSA) is 30.2 Å². The molecule has 0 radical (unpaired) electrons. The molecule has 0 bridgehead atoms. The summed E-state index contributed by atoms with van der Waals surface area (Å²) in [7, 11) is 0. The van der Waals surface area contributed by atoms with Crippen molar-refractivity contribution in [1.82, 2.24) is 0 Å². The number of carbonyl (C=O) groups is 1. The summed E-state index contributed by atoms with van der Waals surface area (Å²) >= 11 is 0. The van der Waals surface area contributed by atoms with E-state index in [9.17, 15) is 4.79 Å². The number of pyridine rings is 1. The zero-order chi connectivity index (χ0) is 13.9. The number of rotatable bonds is 3. The van der Waals surface area contributed by atoms with Gasteiger partial charge in [0, 0.05) is 12.1 Å². The van der Waals surface area contributed by atoms with Gasteiger partial charge in [0.2, 0.25) is 12.1 Å². The molecule has 0 unspecified atom stereocenters. The van der Waals surface area contributed by atoms with Crippen molar-refractivity contribution in [2.75, 3.05) is 6.61 Å². The predicted octanol–water partition coefficient (Wildman–Crippen LogP) is 2.84. The van der Waals surface area contributed by atoms with Crippen LogP contribution in [-0.2, 0) is 16.1 Å². The number of carbonyl (C=O) groups excluding carboxylic acids is 1. The zero-order valence-corrected chi connectivity index (χ0v) is 11.4. The van der Waals surface area contributed by atoms with Gasteiger partial charge in [-0.2, -0.15) is 4.57 Å². The van der Waals surface area contributed by atoms with Gasteiger partial charge in [-0.25, -0.2) is 4.79 Å². The molecule has 0 N–H and O–H groups in total. The Bertz CT molecular complexity index is 780. The third kappa shape index (κ3) is 2.23. The molecule has 0 spiro atoms. The van der Waals surface area contributed by atoms with Gasteiger partial charge in [0.1, 0.15) is 0 Å². The molecule has 1 aromatic heterocycles. The van der Waals surface area contributed by atoms with E-state index in [1.54, 1.807) is 0 Å². The summed E-state index contributed by atoms with van der Waals surface area (Å²) in [6.45, 7) is 2.47. The van der Waals surface area contributed by atoms with Crippen LogP contribution in [-0.4, -0.2) is 12.6 Å². The van der Waals surface area contributed by atoms with E-state index in [0.717, 1.165) is 10.9 Å². The van der Waals surface area contributed by atoms with Gasteiger partial charge < -0.3 is 4.74 Å². The second kappa shape index (κ2) is 5.29. The average molecular weight is 266 g/mol. The highest BCUT2D eigenvalue weighted by Gasteiger charge is 2.15. The van der Waals surface area contributed by atoms with E-state index >= 15 is 0 Å². The minimum atomic E-state index is -0.210. The number of aromatic nitrogens is 1. The molecular weight excluding hydrogens is 250 g/mol. The Labute approximate surface area is 117 Å². The van der Waals surface area contributed by atoms with Crippen LogP contribution in [0.2, 0.25) is 0 Å². The molecule has 3 nitrogen and oxygen atoms in total. The Kier molecular flexibility index (Phi) is 3.33. The molecule has 0 aliphatic carbocycles. The second-order valence-electron chi connectivity index (χ2n) is 4.66. The van der Waals surface area contributed by atoms with E-state index < -0.39 is 0 Å². The Morgan fingerprint density at radius 3 is 2.70 bits per heavy atom. The minimum Gasteiger partial charge on any atom is -0.461 e. The minimum absolute atomic E-state index is 0.210. The highest BCUT2D eigenvalue weighted by atomic mass is 16.5. The van der Waals surface area contributed by atoms with E-state index in [1.165, 1.54) is 10.8 Å². The molecule has 0 saturated heterocycles. The van der Waals surface area contributed by atoms with Gasteiger partial charge in [-0.3, -0.25) is 0 Å². The standard InChI is InChI=1S/C17H16NO2/c1-2-20-17(19)12-18-11-5-8-15-14-7-4-3-6-13(14)9-10-16(15)18/h3-11H,2,12H2,1H3/q+1. The maximum atomic E-state index is 11.7. The van der Waals surface area contributed by atoms with Crippen LogP contribution in [0, 0.1) is 0 Å². The van der Waals surface area contributed by atoms with Crippen LogP contribution in [0.1, 0.15) is 6.92 Å². The molecule has 0 atom stereocenters. The molecule has 3 aromatic rings. The number of ether oxygens (including phenoxy) is 1. The van der Waals surface area contributed by atoms with Crippen molar-refractivity contribution < 1.29 is 14.1 Å². The predicted molar refractivity (Wildman–Crippen MR) is 78.3 cm³/mol. The van der Waals surface area contributed by atoms with Crippen LogP contribution < -0.4 is 4.57 Å². The first-order chi connectivity index (χ1) is 9.79. The monoisotopic (exact) mass is 266 g/mol. The van der Waals surface area contributed by atoms with E-state index in [1.807, 2.05) is 35.9 Å². The molecule has 0 amide bonds. The Morgan fingerprint density at radius 1 is 1.05 bits per heavy atom. The maximum Gasteiger partial charge on any atom is 0.372 e. The molecule has 20 heavy (non-hydrogen) atoms. The molecule has 0 aliphatic rings. The zero-order valence-electron chi connectivity index (χ0n) is 11.4. The molecule has 0 saturated carbocycles.